The molecule has 5 heteroatoms. The first kappa shape index (κ1) is 17.0. The Labute approximate surface area is 147 Å². The van der Waals surface area contributed by atoms with Crippen LogP contribution in [0, 0.1) is 0 Å². The van der Waals surface area contributed by atoms with Crippen LogP contribution in [0.2, 0.25) is 0 Å². The molecule has 0 fully saturated rings. The van der Waals surface area contributed by atoms with Crippen LogP contribution in [0.4, 0.5) is 16.2 Å². The zero-order valence-electron chi connectivity index (χ0n) is 14.3. The average Bonchev–Trinajstić information content (AvgIpc) is 2.63. The number of rotatable bonds is 5. The predicted octanol–water partition coefficient (Wildman–Crippen LogP) is 4.12. The van der Waals surface area contributed by atoms with Gasteiger partial charge in [-0.05, 0) is 42.2 Å². The molecule has 3 rings (SSSR count). The molecule has 2 aromatic rings. The fourth-order valence-corrected chi connectivity index (χ4v) is 2.98. The van der Waals surface area contributed by atoms with Gasteiger partial charge in [0.25, 0.3) is 0 Å². The molecule has 2 amide bonds. The second-order valence-corrected chi connectivity index (χ2v) is 6.08. The Bertz CT molecular complexity index is 759. The number of hydrogen-bond acceptors (Lipinski definition) is 3. The van der Waals surface area contributed by atoms with Crippen molar-refractivity contribution in [1.82, 2.24) is 0 Å². The summed E-state index contributed by atoms with van der Waals surface area (Å²) in [5, 5.41) is 2.76. The summed E-state index contributed by atoms with van der Waals surface area (Å²) >= 11 is 0. The number of aryl methyl sites for hydroxylation is 1. The van der Waals surface area contributed by atoms with Crippen LogP contribution >= 0.6 is 0 Å². The maximum absolute atomic E-state index is 12.1. The molecule has 1 N–H and O–H groups in total. The van der Waals surface area contributed by atoms with Crippen LogP contribution in [-0.4, -0.2) is 18.5 Å². The standard InChI is InChI=1S/C20H22N2O3/c1-2-12-22-18-10-9-17(13-16(18)8-11-19(22)23)21-20(24)25-14-15-6-4-3-5-7-15/h3-7,9-10,13H,2,8,11-12,14H2,1H3,(H,21,24). The number of nitrogens with zero attached hydrogens (tertiary/aromatic N) is 1. The van der Waals surface area contributed by atoms with Crippen molar-refractivity contribution in [3.63, 3.8) is 0 Å². The van der Waals surface area contributed by atoms with Crippen molar-refractivity contribution >= 4 is 23.4 Å². The van der Waals surface area contributed by atoms with E-state index in [9.17, 15) is 9.59 Å². The lowest BCUT2D eigenvalue weighted by molar-refractivity contribution is -0.118. The third-order valence-electron chi connectivity index (χ3n) is 4.19. The maximum Gasteiger partial charge on any atom is 0.411 e. The molecule has 0 aliphatic carbocycles. The molecule has 1 aliphatic rings. The van der Waals surface area contributed by atoms with E-state index in [1.165, 1.54) is 0 Å². The van der Waals surface area contributed by atoms with Gasteiger partial charge < -0.3 is 9.64 Å². The summed E-state index contributed by atoms with van der Waals surface area (Å²) in [6.45, 7) is 3.01. The van der Waals surface area contributed by atoms with Gasteiger partial charge in [-0.15, -0.1) is 0 Å². The molecule has 1 aliphatic heterocycles. The molecule has 0 saturated heterocycles. The third-order valence-corrected chi connectivity index (χ3v) is 4.19. The van der Waals surface area contributed by atoms with Gasteiger partial charge in [0.2, 0.25) is 5.91 Å². The number of nitrogens with one attached hydrogen (secondary N) is 1. The van der Waals surface area contributed by atoms with Crippen LogP contribution in [-0.2, 0) is 22.6 Å². The summed E-state index contributed by atoms with van der Waals surface area (Å²) < 4.78 is 5.24. The second kappa shape index (κ2) is 7.83. The first-order valence-electron chi connectivity index (χ1n) is 8.58. The molecule has 25 heavy (non-hydrogen) atoms. The van der Waals surface area contributed by atoms with Gasteiger partial charge in [0, 0.05) is 24.3 Å². The average molecular weight is 338 g/mol. The van der Waals surface area contributed by atoms with Crippen LogP contribution in [0.5, 0.6) is 0 Å². The summed E-state index contributed by atoms with van der Waals surface area (Å²) in [5.74, 6) is 0.164. The molecule has 2 aromatic carbocycles. The Morgan fingerprint density at radius 1 is 1.16 bits per heavy atom. The Morgan fingerprint density at radius 3 is 2.72 bits per heavy atom. The van der Waals surface area contributed by atoms with Gasteiger partial charge in [-0.2, -0.15) is 0 Å². The van der Waals surface area contributed by atoms with Crippen molar-refractivity contribution in [2.75, 3.05) is 16.8 Å². The molecule has 0 spiro atoms. The summed E-state index contributed by atoms with van der Waals surface area (Å²) in [5.41, 5.74) is 3.65. The van der Waals surface area contributed by atoms with Gasteiger partial charge >= 0.3 is 6.09 Å². The summed E-state index contributed by atoms with van der Waals surface area (Å²) in [7, 11) is 0. The van der Waals surface area contributed by atoms with Gasteiger partial charge in [0.15, 0.2) is 0 Å². The van der Waals surface area contributed by atoms with Crippen molar-refractivity contribution in [1.29, 1.82) is 0 Å². The smallest absolute Gasteiger partial charge is 0.411 e. The molecule has 1 heterocycles. The van der Waals surface area contributed by atoms with E-state index < -0.39 is 6.09 Å². The Hall–Kier alpha value is -2.82. The number of anilines is 2. The third kappa shape index (κ3) is 4.18. The van der Waals surface area contributed by atoms with Gasteiger partial charge in [0.05, 0.1) is 0 Å². The lowest BCUT2D eigenvalue weighted by Crippen LogP contribution is -2.35. The Balaban J connectivity index is 1.64. The van der Waals surface area contributed by atoms with Crippen LogP contribution < -0.4 is 10.2 Å². The second-order valence-electron chi connectivity index (χ2n) is 6.08. The highest BCUT2D eigenvalue weighted by molar-refractivity contribution is 5.97. The molecule has 0 unspecified atom stereocenters. The molecule has 5 nitrogen and oxygen atoms in total. The topological polar surface area (TPSA) is 58.6 Å². The molecule has 0 saturated carbocycles. The molecule has 0 atom stereocenters. The lowest BCUT2D eigenvalue weighted by Gasteiger charge is -2.29. The number of hydrogen-bond donors (Lipinski definition) is 1. The van der Waals surface area contributed by atoms with E-state index in [4.69, 9.17) is 4.74 Å². The highest BCUT2D eigenvalue weighted by Gasteiger charge is 2.23. The Kier molecular flexibility index (Phi) is 5.33. The van der Waals surface area contributed by atoms with E-state index in [1.54, 1.807) is 0 Å². The molecular formula is C20H22N2O3. The monoisotopic (exact) mass is 338 g/mol. The largest absolute Gasteiger partial charge is 0.444 e. The first-order valence-corrected chi connectivity index (χ1v) is 8.58. The van der Waals surface area contributed by atoms with Crippen LogP contribution in [0.15, 0.2) is 48.5 Å². The van der Waals surface area contributed by atoms with Crippen molar-refractivity contribution in [3.8, 4) is 0 Å². The van der Waals surface area contributed by atoms with Gasteiger partial charge in [-0.1, -0.05) is 37.3 Å². The molecule has 130 valence electrons. The van der Waals surface area contributed by atoms with E-state index >= 15 is 0 Å². The number of amides is 2. The van der Waals surface area contributed by atoms with E-state index in [-0.39, 0.29) is 12.5 Å². The van der Waals surface area contributed by atoms with Crippen molar-refractivity contribution in [2.24, 2.45) is 0 Å². The first-order chi connectivity index (χ1) is 12.2. The summed E-state index contributed by atoms with van der Waals surface area (Å²) in [6, 6.07) is 15.2. The highest BCUT2D eigenvalue weighted by atomic mass is 16.5. The van der Waals surface area contributed by atoms with E-state index in [1.807, 2.05) is 53.4 Å². The van der Waals surface area contributed by atoms with E-state index in [0.717, 1.165) is 29.8 Å². The molecule has 0 bridgehead atoms. The number of carbonyl (C=O) groups is 2. The van der Waals surface area contributed by atoms with Crippen LogP contribution in [0.3, 0.4) is 0 Å². The number of fused-ring (bicyclic) bond motifs is 1. The highest BCUT2D eigenvalue weighted by Crippen LogP contribution is 2.30. The SMILES string of the molecule is CCCN1C(=O)CCc2cc(NC(=O)OCc3ccccc3)ccc21. The van der Waals surface area contributed by atoms with Crippen molar-refractivity contribution in [2.45, 2.75) is 32.8 Å². The number of benzene rings is 2. The van der Waals surface area contributed by atoms with E-state index in [0.29, 0.717) is 18.5 Å². The zero-order chi connectivity index (χ0) is 17.6. The normalized spacial score (nSPS) is 13.3. The van der Waals surface area contributed by atoms with Gasteiger partial charge in [0.1, 0.15) is 6.61 Å². The Morgan fingerprint density at radius 2 is 1.96 bits per heavy atom. The number of ether oxygens (including phenoxy) is 1. The molecule has 0 radical (unpaired) electrons. The van der Waals surface area contributed by atoms with E-state index in [2.05, 4.69) is 12.2 Å². The van der Waals surface area contributed by atoms with Gasteiger partial charge in [-0.25, -0.2) is 4.79 Å². The van der Waals surface area contributed by atoms with Crippen LogP contribution in [0.25, 0.3) is 0 Å². The minimum Gasteiger partial charge on any atom is -0.444 e. The van der Waals surface area contributed by atoms with Crippen molar-refractivity contribution in [3.05, 3.63) is 59.7 Å². The molecule has 0 aromatic heterocycles. The maximum atomic E-state index is 12.1. The summed E-state index contributed by atoms with van der Waals surface area (Å²) in [4.78, 5) is 25.9. The lowest BCUT2D eigenvalue weighted by atomic mass is 10.00. The fraction of sp³-hybridized carbons (Fsp3) is 0.300. The quantitative estimate of drug-likeness (QED) is 0.892. The van der Waals surface area contributed by atoms with Crippen molar-refractivity contribution < 1.29 is 14.3 Å². The van der Waals surface area contributed by atoms with Crippen LogP contribution in [0.1, 0.15) is 30.9 Å². The van der Waals surface area contributed by atoms with Gasteiger partial charge in [-0.3, -0.25) is 10.1 Å². The summed E-state index contributed by atoms with van der Waals surface area (Å²) in [6.07, 6.45) is 1.63. The number of carbonyl (C=O) groups excluding carboxylic acids is 2. The zero-order valence-corrected chi connectivity index (χ0v) is 14.3. The minimum atomic E-state index is -0.485. The molecular weight excluding hydrogens is 316 g/mol. The minimum absolute atomic E-state index is 0.164. The predicted molar refractivity (Wildman–Crippen MR) is 97.7 cm³/mol. The fourth-order valence-electron chi connectivity index (χ4n) is 2.98.